The van der Waals surface area contributed by atoms with Crippen molar-refractivity contribution >= 4 is 28.9 Å². The Morgan fingerprint density at radius 2 is 2.10 bits per heavy atom. The molecule has 0 saturated heterocycles. The minimum Gasteiger partial charge on any atom is -0.478 e. The molecular formula is C15H14FNO3S. The second-order valence-corrected chi connectivity index (χ2v) is 5.72. The zero-order chi connectivity index (χ0) is 15.6. The Hall–Kier alpha value is -2.21. The second-order valence-electron chi connectivity index (χ2n) is 4.47. The van der Waals surface area contributed by atoms with Gasteiger partial charge in [-0.05, 0) is 37.1 Å². The normalized spacial score (nSPS) is 10.4. The third-order valence-electron chi connectivity index (χ3n) is 3.10. The topological polar surface area (TPSA) is 66.4 Å². The number of thiophene rings is 1. The van der Waals surface area contributed by atoms with Crippen LogP contribution in [0.15, 0.2) is 24.3 Å². The molecule has 110 valence electrons. The van der Waals surface area contributed by atoms with Gasteiger partial charge in [0.25, 0.3) is 5.91 Å². The predicted molar refractivity (Wildman–Crippen MR) is 79.7 cm³/mol. The molecule has 1 amide bonds. The third-order valence-corrected chi connectivity index (χ3v) is 4.19. The van der Waals surface area contributed by atoms with Gasteiger partial charge < -0.3 is 10.4 Å². The monoisotopic (exact) mass is 307 g/mol. The average Bonchev–Trinajstić information content (AvgIpc) is 2.79. The van der Waals surface area contributed by atoms with Crippen LogP contribution in [-0.2, 0) is 6.42 Å². The highest BCUT2D eigenvalue weighted by Crippen LogP contribution is 2.25. The van der Waals surface area contributed by atoms with Crippen molar-refractivity contribution in [3.63, 3.8) is 0 Å². The van der Waals surface area contributed by atoms with E-state index >= 15 is 0 Å². The number of aryl methyl sites for hydroxylation is 2. The van der Waals surface area contributed by atoms with Crippen molar-refractivity contribution in [3.05, 3.63) is 51.0 Å². The summed E-state index contributed by atoms with van der Waals surface area (Å²) in [6.45, 7) is 3.91. The van der Waals surface area contributed by atoms with Gasteiger partial charge in [-0.15, -0.1) is 11.3 Å². The maximum Gasteiger partial charge on any atom is 0.340 e. The van der Waals surface area contributed by atoms with Crippen LogP contribution < -0.4 is 5.32 Å². The number of carboxylic acids is 1. The summed E-state index contributed by atoms with van der Waals surface area (Å²) in [7, 11) is 0. The van der Waals surface area contributed by atoms with Gasteiger partial charge in [0.2, 0.25) is 0 Å². The zero-order valence-electron chi connectivity index (χ0n) is 11.6. The first kappa shape index (κ1) is 15.2. The minimum atomic E-state index is -1.42. The number of aromatic carboxylic acids is 1. The molecule has 0 unspecified atom stereocenters. The number of halogens is 1. The fraction of sp³-hybridized carbons (Fsp3) is 0.200. The third kappa shape index (κ3) is 3.11. The lowest BCUT2D eigenvalue weighted by Crippen LogP contribution is -2.14. The summed E-state index contributed by atoms with van der Waals surface area (Å²) in [5.74, 6) is -2.73. The molecule has 0 aliphatic heterocycles. The first-order chi connectivity index (χ1) is 9.93. The van der Waals surface area contributed by atoms with E-state index in [2.05, 4.69) is 5.32 Å². The van der Waals surface area contributed by atoms with Crippen LogP contribution in [0.4, 0.5) is 10.1 Å². The molecule has 0 fully saturated rings. The average molecular weight is 307 g/mol. The fourth-order valence-corrected chi connectivity index (χ4v) is 3.02. The van der Waals surface area contributed by atoms with Crippen molar-refractivity contribution in [2.75, 3.05) is 5.32 Å². The van der Waals surface area contributed by atoms with Crippen LogP contribution in [0.1, 0.15) is 37.4 Å². The van der Waals surface area contributed by atoms with Crippen molar-refractivity contribution < 1.29 is 19.1 Å². The number of carbonyl (C=O) groups excluding carboxylic acids is 1. The number of carboxylic acid groups (broad SMARTS) is 1. The number of benzene rings is 1. The highest BCUT2D eigenvalue weighted by Gasteiger charge is 2.19. The molecule has 1 aromatic carbocycles. The Balaban J connectivity index is 2.31. The van der Waals surface area contributed by atoms with Crippen molar-refractivity contribution in [3.8, 4) is 0 Å². The molecule has 0 aliphatic rings. The van der Waals surface area contributed by atoms with Gasteiger partial charge in [0.1, 0.15) is 11.4 Å². The zero-order valence-corrected chi connectivity index (χ0v) is 12.4. The van der Waals surface area contributed by atoms with Crippen LogP contribution in [0, 0.1) is 12.7 Å². The van der Waals surface area contributed by atoms with Gasteiger partial charge in [0.15, 0.2) is 0 Å². The highest BCUT2D eigenvalue weighted by atomic mass is 32.1. The Kier molecular flexibility index (Phi) is 4.37. The van der Waals surface area contributed by atoms with E-state index in [1.54, 1.807) is 6.07 Å². The lowest BCUT2D eigenvalue weighted by Gasteiger charge is -2.08. The number of rotatable bonds is 4. The number of hydrogen-bond donors (Lipinski definition) is 2. The molecule has 21 heavy (non-hydrogen) atoms. The summed E-state index contributed by atoms with van der Waals surface area (Å²) in [6.07, 6.45) is 0.815. The molecule has 2 rings (SSSR count). The minimum absolute atomic E-state index is 0.0448. The van der Waals surface area contributed by atoms with Gasteiger partial charge >= 0.3 is 5.97 Å². The summed E-state index contributed by atoms with van der Waals surface area (Å²) in [6, 6.07) is 5.54. The predicted octanol–water partition coefficient (Wildman–Crippen LogP) is 3.71. The van der Waals surface area contributed by atoms with E-state index in [0.717, 1.165) is 22.9 Å². The van der Waals surface area contributed by atoms with Gasteiger partial charge in [-0.2, -0.15) is 0 Å². The van der Waals surface area contributed by atoms with Gasteiger partial charge in [0, 0.05) is 4.88 Å². The first-order valence-electron chi connectivity index (χ1n) is 6.36. The van der Waals surface area contributed by atoms with Gasteiger partial charge in [-0.25, -0.2) is 9.18 Å². The molecule has 0 radical (unpaired) electrons. The van der Waals surface area contributed by atoms with E-state index in [4.69, 9.17) is 5.11 Å². The second kappa shape index (κ2) is 6.05. The lowest BCUT2D eigenvalue weighted by molar-refractivity contribution is 0.0693. The van der Waals surface area contributed by atoms with E-state index in [1.165, 1.54) is 23.5 Å². The van der Waals surface area contributed by atoms with Crippen molar-refractivity contribution in [2.24, 2.45) is 0 Å². The summed E-state index contributed by atoms with van der Waals surface area (Å²) in [4.78, 5) is 24.8. The molecule has 2 N–H and O–H groups in total. The maximum absolute atomic E-state index is 13.5. The number of amides is 1. The quantitative estimate of drug-likeness (QED) is 0.905. The van der Waals surface area contributed by atoms with Crippen LogP contribution in [-0.4, -0.2) is 17.0 Å². The number of hydrogen-bond acceptors (Lipinski definition) is 3. The molecule has 0 bridgehead atoms. The van der Waals surface area contributed by atoms with Gasteiger partial charge in [0.05, 0.1) is 10.6 Å². The highest BCUT2D eigenvalue weighted by molar-refractivity contribution is 7.14. The number of anilines is 1. The Bertz CT molecular complexity index is 709. The van der Waals surface area contributed by atoms with E-state index in [-0.39, 0.29) is 5.69 Å². The van der Waals surface area contributed by atoms with Crippen LogP contribution >= 0.6 is 11.3 Å². The molecule has 0 saturated carbocycles. The summed E-state index contributed by atoms with van der Waals surface area (Å²) in [5.41, 5.74) is 0.495. The van der Waals surface area contributed by atoms with Crippen molar-refractivity contribution in [1.82, 2.24) is 0 Å². The summed E-state index contributed by atoms with van der Waals surface area (Å²) >= 11 is 1.33. The standard InChI is InChI=1S/C15H14FNO3S/c1-3-9-7-12(21-8(9)2)14(18)17-11-6-4-5-10(16)13(11)15(19)20/h4-7H,3H2,1-2H3,(H,17,18)(H,19,20). The molecule has 0 aliphatic carbocycles. The van der Waals surface area contributed by atoms with E-state index < -0.39 is 23.3 Å². The molecular weight excluding hydrogens is 293 g/mol. The van der Waals surface area contributed by atoms with Crippen LogP contribution in [0.5, 0.6) is 0 Å². The number of carbonyl (C=O) groups is 2. The fourth-order valence-electron chi connectivity index (χ4n) is 2.01. The summed E-state index contributed by atoms with van der Waals surface area (Å²) < 4.78 is 13.5. The van der Waals surface area contributed by atoms with E-state index in [1.807, 2.05) is 13.8 Å². The molecule has 2 aromatic rings. The lowest BCUT2D eigenvalue weighted by atomic mass is 10.1. The molecule has 4 nitrogen and oxygen atoms in total. The largest absolute Gasteiger partial charge is 0.478 e. The Morgan fingerprint density at radius 3 is 2.67 bits per heavy atom. The SMILES string of the molecule is CCc1cc(C(=O)Nc2cccc(F)c2C(=O)O)sc1C. The van der Waals surface area contributed by atoms with E-state index in [9.17, 15) is 14.0 Å². The Labute approximate surface area is 125 Å². The molecule has 6 heteroatoms. The van der Waals surface area contributed by atoms with Crippen LogP contribution in [0.25, 0.3) is 0 Å². The molecule has 1 aromatic heterocycles. The van der Waals surface area contributed by atoms with Gasteiger partial charge in [-0.1, -0.05) is 13.0 Å². The van der Waals surface area contributed by atoms with Crippen LogP contribution in [0.3, 0.4) is 0 Å². The van der Waals surface area contributed by atoms with Crippen molar-refractivity contribution in [2.45, 2.75) is 20.3 Å². The summed E-state index contributed by atoms with van der Waals surface area (Å²) in [5, 5.41) is 11.5. The first-order valence-corrected chi connectivity index (χ1v) is 7.18. The Morgan fingerprint density at radius 1 is 1.38 bits per heavy atom. The van der Waals surface area contributed by atoms with Crippen LogP contribution in [0.2, 0.25) is 0 Å². The smallest absolute Gasteiger partial charge is 0.340 e. The van der Waals surface area contributed by atoms with E-state index in [0.29, 0.717) is 4.88 Å². The number of nitrogens with one attached hydrogen (secondary N) is 1. The molecule has 0 spiro atoms. The van der Waals surface area contributed by atoms with Crippen molar-refractivity contribution in [1.29, 1.82) is 0 Å². The maximum atomic E-state index is 13.5. The van der Waals surface area contributed by atoms with Gasteiger partial charge in [-0.3, -0.25) is 4.79 Å². The molecule has 1 heterocycles. The molecule has 0 atom stereocenters.